The predicted octanol–water partition coefficient (Wildman–Crippen LogP) is 3.91. The van der Waals surface area contributed by atoms with E-state index in [2.05, 4.69) is 0 Å². The number of phenolic OH excluding ortho intramolecular Hbond substituents is 1. The zero-order valence-electron chi connectivity index (χ0n) is 18.0. The number of carbonyl (C=O) groups excluding carboxylic acids is 2. The van der Waals surface area contributed by atoms with Crippen LogP contribution in [0.25, 0.3) is 5.76 Å². The number of non-ortho nitro benzene ring substituents is 1. The average molecular weight is 464 g/mol. The molecular formula is C24H20N2O8. The van der Waals surface area contributed by atoms with Crippen molar-refractivity contribution in [3.05, 3.63) is 93.4 Å². The van der Waals surface area contributed by atoms with Gasteiger partial charge < -0.3 is 24.3 Å². The van der Waals surface area contributed by atoms with Crippen molar-refractivity contribution in [3.63, 3.8) is 0 Å². The molecule has 0 spiro atoms. The Hall–Kier alpha value is -4.60. The number of rotatable bonds is 7. The highest BCUT2D eigenvalue weighted by molar-refractivity contribution is 6.46. The number of phenols is 1. The Bertz CT molecular complexity index is 1300. The SMILES string of the molecule is CCOc1cc([C@@H]2/C(=C(\O)c3cccc([N+](=O)[O-])c3)C(=O)C(=O)N2Cc2ccco2)ccc1O. The van der Waals surface area contributed by atoms with Crippen LogP contribution in [0.2, 0.25) is 0 Å². The third-order valence-electron chi connectivity index (χ3n) is 5.38. The smallest absolute Gasteiger partial charge is 0.296 e. The van der Waals surface area contributed by atoms with E-state index >= 15 is 0 Å². The van der Waals surface area contributed by atoms with E-state index in [1.165, 1.54) is 47.6 Å². The second-order valence-electron chi connectivity index (χ2n) is 7.47. The zero-order valence-corrected chi connectivity index (χ0v) is 18.0. The number of carbonyl (C=O) groups is 2. The molecule has 4 rings (SSSR count). The third-order valence-corrected chi connectivity index (χ3v) is 5.38. The Balaban J connectivity index is 1.90. The van der Waals surface area contributed by atoms with Crippen molar-refractivity contribution in [3.8, 4) is 11.5 Å². The first-order valence-electron chi connectivity index (χ1n) is 10.3. The minimum absolute atomic E-state index is 0.0130. The van der Waals surface area contributed by atoms with Gasteiger partial charge in [-0.15, -0.1) is 0 Å². The maximum atomic E-state index is 13.1. The second-order valence-corrected chi connectivity index (χ2v) is 7.47. The van der Waals surface area contributed by atoms with Crippen LogP contribution in [0.4, 0.5) is 5.69 Å². The van der Waals surface area contributed by atoms with Crippen LogP contribution in [0, 0.1) is 10.1 Å². The van der Waals surface area contributed by atoms with Crippen molar-refractivity contribution in [2.75, 3.05) is 6.61 Å². The number of aromatic hydroxyl groups is 1. The summed E-state index contributed by atoms with van der Waals surface area (Å²) in [6.07, 6.45) is 1.43. The van der Waals surface area contributed by atoms with E-state index in [1.54, 1.807) is 19.1 Å². The number of ether oxygens (including phenoxy) is 1. The number of aliphatic hydroxyl groups excluding tert-OH is 1. The maximum Gasteiger partial charge on any atom is 0.296 e. The van der Waals surface area contributed by atoms with Crippen LogP contribution >= 0.6 is 0 Å². The van der Waals surface area contributed by atoms with Crippen LogP contribution in [0.5, 0.6) is 11.5 Å². The lowest BCUT2D eigenvalue weighted by molar-refractivity contribution is -0.384. The van der Waals surface area contributed by atoms with Crippen molar-refractivity contribution in [1.29, 1.82) is 0 Å². The lowest BCUT2D eigenvalue weighted by Gasteiger charge is -2.25. The first kappa shape index (κ1) is 22.6. The van der Waals surface area contributed by atoms with Crippen LogP contribution < -0.4 is 4.74 Å². The molecular weight excluding hydrogens is 444 g/mol. The number of nitro groups is 1. The molecule has 1 aliphatic heterocycles. The molecule has 10 heteroatoms. The molecule has 3 aromatic rings. The number of nitro benzene ring substituents is 1. The minimum Gasteiger partial charge on any atom is -0.507 e. The van der Waals surface area contributed by atoms with Crippen molar-refractivity contribution in [2.45, 2.75) is 19.5 Å². The zero-order chi connectivity index (χ0) is 24.4. The Kier molecular flexibility index (Phi) is 6.05. The Morgan fingerprint density at radius 1 is 1.18 bits per heavy atom. The fourth-order valence-corrected chi connectivity index (χ4v) is 3.85. The molecule has 0 saturated carbocycles. The van der Waals surface area contributed by atoms with E-state index < -0.39 is 28.4 Å². The van der Waals surface area contributed by atoms with Gasteiger partial charge in [-0.3, -0.25) is 19.7 Å². The molecule has 1 aromatic heterocycles. The van der Waals surface area contributed by atoms with E-state index in [0.717, 1.165) is 6.07 Å². The van der Waals surface area contributed by atoms with Gasteiger partial charge in [-0.05, 0) is 36.8 Å². The quantitative estimate of drug-likeness (QED) is 0.176. The molecule has 34 heavy (non-hydrogen) atoms. The van der Waals surface area contributed by atoms with Gasteiger partial charge in [-0.1, -0.05) is 18.2 Å². The molecule has 1 atom stereocenters. The number of benzene rings is 2. The van der Waals surface area contributed by atoms with E-state index in [-0.39, 0.29) is 41.5 Å². The van der Waals surface area contributed by atoms with Gasteiger partial charge in [0.25, 0.3) is 17.4 Å². The Morgan fingerprint density at radius 2 is 1.97 bits per heavy atom. The number of ketones is 1. The summed E-state index contributed by atoms with van der Waals surface area (Å²) in [4.78, 5) is 37.9. The monoisotopic (exact) mass is 464 g/mol. The molecule has 174 valence electrons. The van der Waals surface area contributed by atoms with E-state index in [1.807, 2.05) is 0 Å². The summed E-state index contributed by atoms with van der Waals surface area (Å²) in [5.74, 6) is -1.97. The number of aliphatic hydroxyl groups is 1. The highest BCUT2D eigenvalue weighted by atomic mass is 16.6. The Labute approximate surface area is 193 Å². The highest BCUT2D eigenvalue weighted by Crippen LogP contribution is 2.42. The standard InChI is InChI=1S/C24H20N2O8/c1-2-33-19-12-14(8-9-18(19)27)21-20(22(28)15-5-3-6-16(11-15)26(31)32)23(29)24(30)25(21)13-17-7-4-10-34-17/h3-12,21,27-28H,2,13H2,1H3/b22-20+/t21-/m1/s1. The second kappa shape index (κ2) is 9.10. The summed E-state index contributed by atoms with van der Waals surface area (Å²) in [7, 11) is 0. The normalized spacial score (nSPS) is 17.2. The lowest BCUT2D eigenvalue weighted by atomic mass is 9.94. The van der Waals surface area contributed by atoms with Gasteiger partial charge in [0.15, 0.2) is 11.5 Å². The average Bonchev–Trinajstić information content (AvgIpc) is 3.43. The summed E-state index contributed by atoms with van der Waals surface area (Å²) in [6.45, 7) is 1.92. The summed E-state index contributed by atoms with van der Waals surface area (Å²) in [6, 6.07) is 11.7. The van der Waals surface area contributed by atoms with Crippen molar-refractivity contribution in [1.82, 2.24) is 4.90 Å². The summed E-state index contributed by atoms with van der Waals surface area (Å²) in [5, 5.41) is 32.4. The molecule has 2 N–H and O–H groups in total. The van der Waals surface area contributed by atoms with Crippen molar-refractivity contribution in [2.24, 2.45) is 0 Å². The fraction of sp³-hybridized carbons (Fsp3) is 0.167. The predicted molar refractivity (Wildman–Crippen MR) is 119 cm³/mol. The van der Waals surface area contributed by atoms with Gasteiger partial charge in [-0.25, -0.2) is 0 Å². The minimum atomic E-state index is -1.07. The van der Waals surface area contributed by atoms with Gasteiger partial charge >= 0.3 is 0 Å². The molecule has 0 aliphatic carbocycles. The number of nitrogens with zero attached hydrogens (tertiary/aromatic N) is 2. The van der Waals surface area contributed by atoms with Gasteiger partial charge in [0.05, 0.1) is 36.0 Å². The summed E-state index contributed by atoms with van der Waals surface area (Å²) in [5.41, 5.74) is -0.128. The lowest BCUT2D eigenvalue weighted by Crippen LogP contribution is -2.29. The topological polar surface area (TPSA) is 143 Å². The van der Waals surface area contributed by atoms with Crippen molar-refractivity contribution >= 4 is 23.1 Å². The van der Waals surface area contributed by atoms with Crippen molar-refractivity contribution < 1.29 is 33.9 Å². The molecule has 0 unspecified atom stereocenters. The van der Waals surface area contributed by atoms with E-state index in [9.17, 15) is 29.9 Å². The van der Waals surface area contributed by atoms with Crippen LogP contribution in [0.1, 0.15) is 29.9 Å². The van der Waals surface area contributed by atoms with Crippen LogP contribution in [0.3, 0.4) is 0 Å². The first-order chi connectivity index (χ1) is 16.3. The van der Waals surface area contributed by atoms with Gasteiger partial charge in [0, 0.05) is 17.7 Å². The molecule has 1 fully saturated rings. The van der Waals surface area contributed by atoms with Crippen LogP contribution in [-0.2, 0) is 16.1 Å². The molecule has 10 nitrogen and oxygen atoms in total. The molecule has 0 radical (unpaired) electrons. The number of likely N-dealkylation sites (tertiary alicyclic amines) is 1. The number of hydrogen-bond acceptors (Lipinski definition) is 8. The third kappa shape index (κ3) is 4.08. The Morgan fingerprint density at radius 3 is 2.65 bits per heavy atom. The largest absolute Gasteiger partial charge is 0.507 e. The van der Waals surface area contributed by atoms with Gasteiger partial charge in [-0.2, -0.15) is 0 Å². The summed E-state index contributed by atoms with van der Waals surface area (Å²) >= 11 is 0. The molecule has 1 amide bonds. The summed E-state index contributed by atoms with van der Waals surface area (Å²) < 4.78 is 10.8. The van der Waals surface area contributed by atoms with E-state index in [4.69, 9.17) is 9.15 Å². The molecule has 2 aromatic carbocycles. The molecule has 1 aliphatic rings. The molecule has 0 bridgehead atoms. The molecule has 2 heterocycles. The number of amides is 1. The van der Waals surface area contributed by atoms with Crippen LogP contribution in [0.15, 0.2) is 70.9 Å². The first-order valence-corrected chi connectivity index (χ1v) is 10.3. The number of Topliss-reactive ketones (excluding diaryl/α,β-unsaturated/α-hetero) is 1. The maximum absolute atomic E-state index is 13.1. The van der Waals surface area contributed by atoms with Gasteiger partial charge in [0.2, 0.25) is 0 Å². The number of furan rings is 1. The fourth-order valence-electron chi connectivity index (χ4n) is 3.85. The highest BCUT2D eigenvalue weighted by Gasteiger charge is 2.46. The van der Waals surface area contributed by atoms with Gasteiger partial charge in [0.1, 0.15) is 11.5 Å². The number of hydrogen-bond donors (Lipinski definition) is 2. The van der Waals surface area contributed by atoms with Crippen LogP contribution in [-0.4, -0.2) is 38.3 Å². The molecule has 1 saturated heterocycles. The van der Waals surface area contributed by atoms with E-state index in [0.29, 0.717) is 11.3 Å².